The molecule has 2 nitrogen and oxygen atoms in total. The number of fused-ring (bicyclic) bond motifs is 1. The second kappa shape index (κ2) is 4.78. The van der Waals surface area contributed by atoms with Gasteiger partial charge in [0.15, 0.2) is 0 Å². The lowest BCUT2D eigenvalue weighted by Crippen LogP contribution is -2.50. The predicted octanol–water partition coefficient (Wildman–Crippen LogP) is 3.01. The largest absolute Gasteiger partial charge is 0.366 e. The van der Waals surface area contributed by atoms with E-state index in [1.165, 1.54) is 18.6 Å². The van der Waals surface area contributed by atoms with Crippen LogP contribution in [0.1, 0.15) is 12.8 Å². The number of anilines is 1. The number of piperazine rings is 1. The second-order valence-electron chi connectivity index (χ2n) is 5.00. The fourth-order valence-corrected chi connectivity index (χ4v) is 3.28. The molecule has 18 heavy (non-hydrogen) atoms. The normalized spacial score (nSPS) is 24.4. The Balaban J connectivity index is 1.84. The Bertz CT molecular complexity index is 467. The summed E-state index contributed by atoms with van der Waals surface area (Å²) in [7, 11) is 0. The van der Waals surface area contributed by atoms with E-state index in [0.29, 0.717) is 11.7 Å². The van der Waals surface area contributed by atoms with E-state index in [2.05, 4.69) is 20.8 Å². The molecule has 1 aromatic carbocycles. The number of hydrogen-bond acceptors (Lipinski definition) is 2. The molecule has 2 heterocycles. The van der Waals surface area contributed by atoms with Crippen LogP contribution in [-0.4, -0.2) is 37.1 Å². The highest BCUT2D eigenvalue weighted by Crippen LogP contribution is 2.30. The van der Waals surface area contributed by atoms with Crippen molar-refractivity contribution in [1.29, 1.82) is 0 Å². The highest BCUT2D eigenvalue weighted by molar-refractivity contribution is 9.10. The topological polar surface area (TPSA) is 6.48 Å². The molecule has 0 radical (unpaired) electrons. The summed E-state index contributed by atoms with van der Waals surface area (Å²) in [6.45, 7) is 3.67. The lowest BCUT2D eigenvalue weighted by Gasteiger charge is -2.38. The molecule has 0 spiro atoms. The van der Waals surface area contributed by atoms with E-state index in [-0.39, 0.29) is 10.3 Å². The molecule has 0 amide bonds. The summed E-state index contributed by atoms with van der Waals surface area (Å²) < 4.78 is 27.6. The Morgan fingerprint density at radius 2 is 1.94 bits per heavy atom. The van der Waals surface area contributed by atoms with E-state index in [1.807, 2.05) is 4.90 Å². The van der Waals surface area contributed by atoms with Crippen molar-refractivity contribution in [1.82, 2.24) is 4.90 Å². The third-order valence-corrected chi connectivity index (χ3v) is 4.53. The van der Waals surface area contributed by atoms with Gasteiger partial charge in [-0.1, -0.05) is 0 Å². The number of hydrogen-bond donors (Lipinski definition) is 0. The molecule has 0 N–H and O–H groups in total. The van der Waals surface area contributed by atoms with Gasteiger partial charge in [0.1, 0.15) is 11.6 Å². The molecule has 2 aliphatic heterocycles. The lowest BCUT2D eigenvalue weighted by molar-refractivity contribution is 0.230. The number of benzene rings is 1. The summed E-state index contributed by atoms with van der Waals surface area (Å²) in [6.07, 6.45) is 2.38. The second-order valence-corrected chi connectivity index (χ2v) is 5.85. The maximum atomic E-state index is 13.9. The first kappa shape index (κ1) is 12.4. The van der Waals surface area contributed by atoms with Gasteiger partial charge in [0, 0.05) is 31.7 Å². The predicted molar refractivity (Wildman–Crippen MR) is 70.9 cm³/mol. The Morgan fingerprint density at radius 3 is 2.78 bits per heavy atom. The van der Waals surface area contributed by atoms with E-state index in [4.69, 9.17) is 0 Å². The molecule has 0 aromatic heterocycles. The van der Waals surface area contributed by atoms with E-state index in [0.717, 1.165) is 32.6 Å². The van der Waals surface area contributed by atoms with Crippen LogP contribution in [0.25, 0.3) is 0 Å². The summed E-state index contributed by atoms with van der Waals surface area (Å²) >= 11 is 3.01. The molecule has 0 saturated carbocycles. The van der Waals surface area contributed by atoms with Crippen LogP contribution in [0.4, 0.5) is 14.5 Å². The molecule has 2 fully saturated rings. The Hall–Kier alpha value is -0.680. The summed E-state index contributed by atoms with van der Waals surface area (Å²) in [5, 5.41) is 0. The molecule has 1 aromatic rings. The SMILES string of the molecule is Fc1cc(N2CCN3CCCC3C2)c(F)cc1Br. The third kappa shape index (κ3) is 2.14. The van der Waals surface area contributed by atoms with E-state index < -0.39 is 5.82 Å². The van der Waals surface area contributed by atoms with Gasteiger partial charge in [-0.05, 0) is 41.4 Å². The minimum Gasteiger partial charge on any atom is -0.366 e. The zero-order valence-corrected chi connectivity index (χ0v) is 11.6. The Labute approximate surface area is 114 Å². The van der Waals surface area contributed by atoms with Crippen molar-refractivity contribution in [3.63, 3.8) is 0 Å². The van der Waals surface area contributed by atoms with Gasteiger partial charge in [0.25, 0.3) is 0 Å². The minimum atomic E-state index is -0.403. The van der Waals surface area contributed by atoms with Crippen molar-refractivity contribution in [2.45, 2.75) is 18.9 Å². The molecular formula is C13H15BrF2N2. The van der Waals surface area contributed by atoms with Crippen LogP contribution in [-0.2, 0) is 0 Å². The molecular weight excluding hydrogens is 302 g/mol. The van der Waals surface area contributed by atoms with Crippen LogP contribution in [0.5, 0.6) is 0 Å². The molecule has 1 unspecified atom stereocenters. The molecule has 98 valence electrons. The fourth-order valence-electron chi connectivity index (χ4n) is 2.96. The average molecular weight is 317 g/mol. The van der Waals surface area contributed by atoms with Crippen LogP contribution in [0.2, 0.25) is 0 Å². The van der Waals surface area contributed by atoms with Gasteiger partial charge in [-0.25, -0.2) is 8.78 Å². The van der Waals surface area contributed by atoms with Crippen molar-refractivity contribution in [3.8, 4) is 0 Å². The molecule has 0 bridgehead atoms. The highest BCUT2D eigenvalue weighted by atomic mass is 79.9. The maximum Gasteiger partial charge on any atom is 0.147 e. The summed E-state index contributed by atoms with van der Waals surface area (Å²) in [6, 6.07) is 3.01. The summed E-state index contributed by atoms with van der Waals surface area (Å²) in [5.41, 5.74) is 0.391. The van der Waals surface area contributed by atoms with Gasteiger partial charge >= 0.3 is 0 Å². The van der Waals surface area contributed by atoms with Crippen LogP contribution >= 0.6 is 15.9 Å². The maximum absolute atomic E-state index is 13.9. The van der Waals surface area contributed by atoms with Crippen LogP contribution in [0.3, 0.4) is 0 Å². The van der Waals surface area contributed by atoms with Gasteiger partial charge in [-0.2, -0.15) is 0 Å². The quantitative estimate of drug-likeness (QED) is 0.735. The van der Waals surface area contributed by atoms with E-state index in [9.17, 15) is 8.78 Å². The van der Waals surface area contributed by atoms with E-state index >= 15 is 0 Å². The first-order valence-corrected chi connectivity index (χ1v) is 7.08. The monoisotopic (exact) mass is 316 g/mol. The smallest absolute Gasteiger partial charge is 0.147 e. The fraction of sp³-hybridized carbons (Fsp3) is 0.538. The molecule has 0 aliphatic carbocycles. The van der Waals surface area contributed by atoms with Crippen molar-refractivity contribution in [2.75, 3.05) is 31.1 Å². The zero-order chi connectivity index (χ0) is 12.7. The number of rotatable bonds is 1. The lowest BCUT2D eigenvalue weighted by atomic mass is 10.1. The highest BCUT2D eigenvalue weighted by Gasteiger charge is 2.31. The molecule has 1 atom stereocenters. The van der Waals surface area contributed by atoms with Gasteiger partial charge < -0.3 is 4.90 Å². The standard InChI is InChI=1S/C13H15BrF2N2/c14-10-6-12(16)13(7-11(10)15)18-5-4-17-3-1-2-9(17)8-18/h6-7,9H,1-5,8H2. The van der Waals surface area contributed by atoms with Gasteiger partial charge in [0.05, 0.1) is 10.2 Å². The molecule has 5 heteroatoms. The first-order chi connectivity index (χ1) is 8.65. The Morgan fingerprint density at radius 1 is 1.11 bits per heavy atom. The van der Waals surface area contributed by atoms with Crippen molar-refractivity contribution in [2.24, 2.45) is 0 Å². The summed E-state index contributed by atoms with van der Waals surface area (Å²) in [4.78, 5) is 4.42. The summed E-state index contributed by atoms with van der Waals surface area (Å²) in [5.74, 6) is -0.755. The van der Waals surface area contributed by atoms with Gasteiger partial charge in [0.2, 0.25) is 0 Å². The van der Waals surface area contributed by atoms with Gasteiger partial charge in [-0.3, -0.25) is 4.90 Å². The molecule has 3 rings (SSSR count). The number of nitrogens with zero attached hydrogens (tertiary/aromatic N) is 2. The van der Waals surface area contributed by atoms with Crippen molar-refractivity contribution >= 4 is 21.6 Å². The van der Waals surface area contributed by atoms with Crippen LogP contribution in [0, 0.1) is 11.6 Å². The van der Waals surface area contributed by atoms with Crippen LogP contribution in [0.15, 0.2) is 16.6 Å². The third-order valence-electron chi connectivity index (χ3n) is 3.92. The van der Waals surface area contributed by atoms with Gasteiger partial charge in [-0.15, -0.1) is 0 Å². The first-order valence-electron chi connectivity index (χ1n) is 6.28. The molecule has 2 aliphatic rings. The number of halogens is 3. The molecule has 2 saturated heterocycles. The van der Waals surface area contributed by atoms with Crippen molar-refractivity contribution in [3.05, 3.63) is 28.2 Å². The van der Waals surface area contributed by atoms with E-state index in [1.54, 1.807) is 0 Å². The Kier molecular flexibility index (Phi) is 3.28. The minimum absolute atomic E-state index is 0.184. The van der Waals surface area contributed by atoms with Crippen molar-refractivity contribution < 1.29 is 8.78 Å². The zero-order valence-electron chi connectivity index (χ0n) is 10.0. The van der Waals surface area contributed by atoms with Crippen LogP contribution < -0.4 is 4.90 Å². The average Bonchev–Trinajstić information content (AvgIpc) is 2.80.